The standard InChI is InChI=1S/C17H17NO3/c1-3-7-13-8-5-6-9-15(13)21-16-11-10-14(12-18-16)17(19)20-4-2/h3,5-12H,4H2,1-2H3/b7-3+. The molecule has 0 spiro atoms. The zero-order chi connectivity index (χ0) is 15.1. The smallest absolute Gasteiger partial charge is 0.339 e. The van der Waals surface area contributed by atoms with E-state index in [-0.39, 0.29) is 5.97 Å². The van der Waals surface area contributed by atoms with Crippen LogP contribution in [0, 0.1) is 0 Å². The van der Waals surface area contributed by atoms with Gasteiger partial charge in [-0.25, -0.2) is 9.78 Å². The van der Waals surface area contributed by atoms with Crippen LogP contribution in [0.2, 0.25) is 0 Å². The molecule has 4 nitrogen and oxygen atoms in total. The van der Waals surface area contributed by atoms with Crippen molar-refractivity contribution >= 4 is 12.0 Å². The lowest BCUT2D eigenvalue weighted by Gasteiger charge is -2.08. The molecule has 0 saturated heterocycles. The molecule has 0 amide bonds. The average Bonchev–Trinajstić information content (AvgIpc) is 2.50. The maximum absolute atomic E-state index is 11.5. The summed E-state index contributed by atoms with van der Waals surface area (Å²) in [6.07, 6.45) is 5.35. The number of nitrogens with zero attached hydrogens (tertiary/aromatic N) is 1. The van der Waals surface area contributed by atoms with Crippen LogP contribution in [0.1, 0.15) is 29.8 Å². The highest BCUT2D eigenvalue weighted by molar-refractivity contribution is 5.89. The van der Waals surface area contributed by atoms with Gasteiger partial charge in [0.05, 0.1) is 12.2 Å². The third-order valence-electron chi connectivity index (χ3n) is 2.73. The molecule has 21 heavy (non-hydrogen) atoms. The second-order valence-corrected chi connectivity index (χ2v) is 4.25. The molecule has 0 unspecified atom stereocenters. The molecule has 2 aromatic rings. The monoisotopic (exact) mass is 283 g/mol. The molecule has 0 saturated carbocycles. The minimum absolute atomic E-state index is 0.341. The lowest BCUT2D eigenvalue weighted by atomic mass is 10.2. The average molecular weight is 283 g/mol. The van der Waals surface area contributed by atoms with Gasteiger partial charge in [0.1, 0.15) is 5.75 Å². The number of aromatic nitrogens is 1. The number of carbonyl (C=O) groups excluding carboxylic acids is 1. The molecular formula is C17H17NO3. The van der Waals surface area contributed by atoms with E-state index in [1.165, 1.54) is 6.20 Å². The van der Waals surface area contributed by atoms with Crippen LogP contribution in [-0.4, -0.2) is 17.6 Å². The Bertz CT molecular complexity index is 633. The summed E-state index contributed by atoms with van der Waals surface area (Å²) in [6.45, 7) is 4.05. The van der Waals surface area contributed by atoms with E-state index < -0.39 is 0 Å². The quantitative estimate of drug-likeness (QED) is 0.776. The van der Waals surface area contributed by atoms with Gasteiger partial charge in [0.2, 0.25) is 5.88 Å². The maximum Gasteiger partial charge on any atom is 0.339 e. The van der Waals surface area contributed by atoms with E-state index in [9.17, 15) is 4.79 Å². The van der Waals surface area contributed by atoms with Crippen LogP contribution in [0.25, 0.3) is 6.08 Å². The Balaban J connectivity index is 2.16. The molecule has 0 radical (unpaired) electrons. The number of para-hydroxylation sites is 1. The fourth-order valence-corrected chi connectivity index (χ4v) is 1.78. The predicted octanol–water partition coefficient (Wildman–Crippen LogP) is 4.08. The molecule has 0 atom stereocenters. The Kier molecular flexibility index (Phi) is 5.10. The van der Waals surface area contributed by atoms with Gasteiger partial charge >= 0.3 is 5.97 Å². The van der Waals surface area contributed by atoms with Crippen LogP contribution in [0.4, 0.5) is 0 Å². The first-order valence-corrected chi connectivity index (χ1v) is 6.77. The number of hydrogen-bond acceptors (Lipinski definition) is 4. The highest BCUT2D eigenvalue weighted by Gasteiger charge is 2.08. The van der Waals surface area contributed by atoms with Crippen molar-refractivity contribution < 1.29 is 14.3 Å². The van der Waals surface area contributed by atoms with Crippen LogP contribution in [0.5, 0.6) is 11.6 Å². The zero-order valence-corrected chi connectivity index (χ0v) is 12.1. The van der Waals surface area contributed by atoms with Gasteiger partial charge < -0.3 is 9.47 Å². The van der Waals surface area contributed by atoms with Crippen molar-refractivity contribution in [2.75, 3.05) is 6.61 Å². The number of esters is 1. The second-order valence-electron chi connectivity index (χ2n) is 4.25. The molecule has 2 rings (SSSR count). The summed E-state index contributed by atoms with van der Waals surface area (Å²) < 4.78 is 10.7. The van der Waals surface area contributed by atoms with E-state index in [1.54, 1.807) is 19.1 Å². The van der Waals surface area contributed by atoms with Crippen molar-refractivity contribution in [1.29, 1.82) is 0 Å². The molecule has 4 heteroatoms. The van der Waals surface area contributed by atoms with Gasteiger partial charge in [-0.2, -0.15) is 0 Å². The number of allylic oxidation sites excluding steroid dienone is 1. The molecule has 0 bridgehead atoms. The minimum Gasteiger partial charge on any atom is -0.462 e. The van der Waals surface area contributed by atoms with Crippen LogP contribution >= 0.6 is 0 Å². The van der Waals surface area contributed by atoms with E-state index in [2.05, 4.69) is 4.98 Å². The SMILES string of the molecule is C/C=C/c1ccccc1Oc1ccc(C(=O)OCC)cn1. The maximum atomic E-state index is 11.5. The zero-order valence-electron chi connectivity index (χ0n) is 12.1. The van der Waals surface area contributed by atoms with Crippen molar-refractivity contribution in [3.05, 3.63) is 59.8 Å². The van der Waals surface area contributed by atoms with Crippen LogP contribution < -0.4 is 4.74 Å². The first kappa shape index (κ1) is 14.8. The van der Waals surface area contributed by atoms with Gasteiger partial charge in [-0.15, -0.1) is 0 Å². The molecule has 0 aliphatic rings. The van der Waals surface area contributed by atoms with Crippen LogP contribution in [-0.2, 0) is 4.74 Å². The topological polar surface area (TPSA) is 48.4 Å². The summed E-state index contributed by atoms with van der Waals surface area (Å²) in [5.41, 5.74) is 1.38. The molecule has 0 aliphatic carbocycles. The molecule has 1 aromatic heterocycles. The molecule has 0 N–H and O–H groups in total. The summed E-state index contributed by atoms with van der Waals surface area (Å²) in [7, 11) is 0. The van der Waals surface area contributed by atoms with Gasteiger partial charge in [-0.1, -0.05) is 30.4 Å². The summed E-state index contributed by atoms with van der Waals surface area (Å²) in [5, 5.41) is 0. The van der Waals surface area contributed by atoms with Crippen LogP contribution in [0.3, 0.4) is 0 Å². The third kappa shape index (κ3) is 3.92. The summed E-state index contributed by atoms with van der Waals surface area (Å²) in [6, 6.07) is 11.0. The fraction of sp³-hybridized carbons (Fsp3) is 0.176. The van der Waals surface area contributed by atoms with Gasteiger partial charge in [0.15, 0.2) is 0 Å². The lowest BCUT2D eigenvalue weighted by molar-refractivity contribution is 0.0526. The Labute approximate surface area is 124 Å². The van der Waals surface area contributed by atoms with Gasteiger partial charge in [-0.3, -0.25) is 0 Å². The number of benzene rings is 1. The molecule has 1 aromatic carbocycles. The number of hydrogen-bond donors (Lipinski definition) is 0. The largest absolute Gasteiger partial charge is 0.462 e. The number of ether oxygens (including phenoxy) is 2. The van der Waals surface area contributed by atoms with Crippen molar-refractivity contribution in [2.24, 2.45) is 0 Å². The molecule has 1 heterocycles. The van der Waals surface area contributed by atoms with Gasteiger partial charge in [-0.05, 0) is 26.0 Å². The first-order chi connectivity index (χ1) is 10.2. The van der Waals surface area contributed by atoms with Crippen molar-refractivity contribution in [2.45, 2.75) is 13.8 Å². The third-order valence-corrected chi connectivity index (χ3v) is 2.73. The van der Waals surface area contributed by atoms with Gasteiger partial charge in [0.25, 0.3) is 0 Å². The minimum atomic E-state index is -0.383. The summed E-state index contributed by atoms with van der Waals surface area (Å²) in [4.78, 5) is 15.7. The van der Waals surface area contributed by atoms with E-state index in [1.807, 2.05) is 43.3 Å². The molecule has 108 valence electrons. The Hall–Kier alpha value is -2.62. The van der Waals surface area contributed by atoms with Crippen molar-refractivity contribution in [3.63, 3.8) is 0 Å². The molecule has 0 aliphatic heterocycles. The highest BCUT2D eigenvalue weighted by Crippen LogP contribution is 2.25. The number of pyridine rings is 1. The van der Waals surface area contributed by atoms with E-state index >= 15 is 0 Å². The first-order valence-electron chi connectivity index (χ1n) is 6.77. The number of carbonyl (C=O) groups is 1. The normalized spacial score (nSPS) is 10.6. The van der Waals surface area contributed by atoms with Gasteiger partial charge in [0, 0.05) is 17.8 Å². The molecular weight excluding hydrogens is 266 g/mol. The van der Waals surface area contributed by atoms with E-state index in [4.69, 9.17) is 9.47 Å². The van der Waals surface area contributed by atoms with Crippen molar-refractivity contribution in [1.82, 2.24) is 4.98 Å². The summed E-state index contributed by atoms with van der Waals surface area (Å²) in [5.74, 6) is 0.762. The van der Waals surface area contributed by atoms with Crippen LogP contribution in [0.15, 0.2) is 48.7 Å². The van der Waals surface area contributed by atoms with E-state index in [0.717, 1.165) is 5.56 Å². The van der Waals surface area contributed by atoms with E-state index in [0.29, 0.717) is 23.8 Å². The Morgan fingerprint density at radius 3 is 2.71 bits per heavy atom. The second kappa shape index (κ2) is 7.24. The molecule has 0 fully saturated rings. The predicted molar refractivity (Wildman–Crippen MR) is 81.4 cm³/mol. The highest BCUT2D eigenvalue weighted by atomic mass is 16.5. The Morgan fingerprint density at radius 2 is 2.05 bits per heavy atom. The number of rotatable bonds is 5. The summed E-state index contributed by atoms with van der Waals surface area (Å²) >= 11 is 0. The lowest BCUT2D eigenvalue weighted by Crippen LogP contribution is -2.05. The van der Waals surface area contributed by atoms with Crippen molar-refractivity contribution in [3.8, 4) is 11.6 Å². The Morgan fingerprint density at radius 1 is 1.24 bits per heavy atom. The fourth-order valence-electron chi connectivity index (χ4n) is 1.78.